The average Bonchev–Trinajstić information content (AvgIpc) is 2.19. The second kappa shape index (κ2) is 8.18. The molecule has 0 aliphatic heterocycles. The molecule has 5 nitrogen and oxygen atoms in total. The van der Waals surface area contributed by atoms with Crippen molar-refractivity contribution >= 4 is 20.6 Å². The van der Waals surface area contributed by atoms with Crippen LogP contribution >= 0.6 is 0 Å². The molecule has 0 saturated heterocycles. The van der Waals surface area contributed by atoms with Crippen LogP contribution in [-0.4, -0.2) is 62.6 Å². The number of rotatable bonds is 9. The Morgan fingerprint density at radius 3 is 2.24 bits per heavy atom. The Kier molecular flexibility index (Phi) is 8.19. The summed E-state index contributed by atoms with van der Waals surface area (Å²) in [5, 5.41) is 0. The van der Waals surface area contributed by atoms with Crippen molar-refractivity contribution in [2.45, 2.75) is 25.6 Å². The van der Waals surface area contributed by atoms with Crippen LogP contribution < -0.4 is 0 Å². The second-order valence-electron chi connectivity index (χ2n) is 4.05. The lowest BCUT2D eigenvalue weighted by molar-refractivity contribution is -0.0113. The number of sulfone groups is 1. The zero-order valence-corrected chi connectivity index (χ0v) is 12.5. The lowest BCUT2D eigenvalue weighted by Gasteiger charge is -2.19. The highest BCUT2D eigenvalue weighted by molar-refractivity contribution is 7.90. The van der Waals surface area contributed by atoms with Gasteiger partial charge in [0.15, 0.2) is 0 Å². The predicted molar refractivity (Wildman–Crippen MR) is 69.5 cm³/mol. The first-order chi connectivity index (χ1) is 7.78. The summed E-state index contributed by atoms with van der Waals surface area (Å²) in [6.07, 6.45) is 2.95. The molecule has 0 bridgehead atoms. The quantitative estimate of drug-likeness (QED) is 0.606. The van der Waals surface area contributed by atoms with Crippen molar-refractivity contribution in [2.75, 3.05) is 37.7 Å². The van der Waals surface area contributed by atoms with Gasteiger partial charge in [-0.15, -0.1) is 0 Å². The Balaban J connectivity index is 4.16. The largest absolute Gasteiger partial charge is 0.378 e. The molecule has 104 valence electrons. The van der Waals surface area contributed by atoms with Crippen molar-refractivity contribution < 1.29 is 22.1 Å². The fourth-order valence-electron chi connectivity index (χ4n) is 1.31. The highest BCUT2D eigenvalue weighted by Crippen LogP contribution is 2.04. The Bertz CT molecular complexity index is 326. The third-order valence-electron chi connectivity index (χ3n) is 2.22. The minimum Gasteiger partial charge on any atom is -0.378 e. The molecule has 0 amide bonds. The van der Waals surface area contributed by atoms with E-state index < -0.39 is 26.7 Å². The maximum Gasteiger partial charge on any atom is 0.150 e. The monoisotopic (exact) mass is 286 g/mol. The average molecular weight is 286 g/mol. The Morgan fingerprint density at radius 2 is 1.88 bits per heavy atom. The summed E-state index contributed by atoms with van der Waals surface area (Å²) in [7, 11) is -2.54. The van der Waals surface area contributed by atoms with Gasteiger partial charge >= 0.3 is 0 Å². The number of methoxy groups -OCH3 is 1. The van der Waals surface area contributed by atoms with Crippen molar-refractivity contribution in [3.63, 3.8) is 0 Å². The van der Waals surface area contributed by atoms with Crippen LogP contribution in [-0.2, 0) is 30.1 Å². The maximum absolute atomic E-state index is 11.1. The first-order valence-corrected chi connectivity index (χ1v) is 9.19. The zero-order valence-electron chi connectivity index (χ0n) is 10.8. The number of hydrogen-bond donors (Lipinski definition) is 0. The van der Waals surface area contributed by atoms with E-state index in [1.807, 2.05) is 6.92 Å². The van der Waals surface area contributed by atoms with Crippen LogP contribution in [0.15, 0.2) is 0 Å². The molecule has 0 rings (SSSR count). The topological polar surface area (TPSA) is 69.7 Å². The lowest BCUT2D eigenvalue weighted by atomic mass is 10.3. The molecule has 3 atom stereocenters. The molecule has 0 radical (unpaired) electrons. The predicted octanol–water partition coefficient (Wildman–Crippen LogP) is 0.220. The third-order valence-corrected chi connectivity index (χ3v) is 4.03. The van der Waals surface area contributed by atoms with Gasteiger partial charge in [-0.2, -0.15) is 0 Å². The molecular formula is C10H22O5S2. The van der Waals surface area contributed by atoms with Crippen LogP contribution in [0.5, 0.6) is 0 Å². The van der Waals surface area contributed by atoms with Crippen LogP contribution in [0.3, 0.4) is 0 Å². The van der Waals surface area contributed by atoms with Crippen molar-refractivity contribution in [3.8, 4) is 0 Å². The molecule has 0 aromatic rings. The fraction of sp³-hybridized carbons (Fsp3) is 1.00. The summed E-state index contributed by atoms with van der Waals surface area (Å²) in [5.74, 6) is 0.404. The molecule has 0 aliphatic rings. The van der Waals surface area contributed by atoms with Gasteiger partial charge in [-0.1, -0.05) is 6.92 Å². The molecule has 0 saturated carbocycles. The molecular weight excluding hydrogens is 264 g/mol. The van der Waals surface area contributed by atoms with Crippen LogP contribution in [0, 0.1) is 0 Å². The van der Waals surface area contributed by atoms with Crippen molar-refractivity contribution in [1.29, 1.82) is 0 Å². The molecule has 17 heavy (non-hydrogen) atoms. The van der Waals surface area contributed by atoms with Gasteiger partial charge in [0.05, 0.1) is 24.6 Å². The van der Waals surface area contributed by atoms with Gasteiger partial charge in [0, 0.05) is 36.2 Å². The van der Waals surface area contributed by atoms with Gasteiger partial charge in [0.2, 0.25) is 0 Å². The summed E-state index contributed by atoms with van der Waals surface area (Å²) in [5.41, 5.74) is 0. The van der Waals surface area contributed by atoms with E-state index in [4.69, 9.17) is 9.47 Å². The second-order valence-corrected chi connectivity index (χ2v) is 7.72. The Morgan fingerprint density at radius 1 is 1.29 bits per heavy atom. The Labute approximate surface area is 106 Å². The van der Waals surface area contributed by atoms with E-state index >= 15 is 0 Å². The first-order valence-electron chi connectivity index (χ1n) is 5.40. The fourth-order valence-corrected chi connectivity index (χ4v) is 3.07. The summed E-state index contributed by atoms with van der Waals surface area (Å²) >= 11 is 0. The minimum atomic E-state index is -3.08. The molecule has 0 fully saturated rings. The molecule has 0 aliphatic carbocycles. The molecule has 0 N–H and O–H groups in total. The molecule has 7 heteroatoms. The van der Waals surface area contributed by atoms with Gasteiger partial charge in [-0.25, -0.2) is 8.42 Å². The SMILES string of the molecule is CCC(CS(C)=O)OCC(CS(C)(=O)=O)OC. The molecule has 0 heterocycles. The number of ether oxygens (including phenoxy) is 2. The van der Waals surface area contributed by atoms with E-state index in [1.165, 1.54) is 7.11 Å². The van der Waals surface area contributed by atoms with Gasteiger partial charge in [-0.05, 0) is 6.42 Å². The molecule has 0 aromatic carbocycles. The van der Waals surface area contributed by atoms with Gasteiger partial charge in [0.25, 0.3) is 0 Å². The summed E-state index contributed by atoms with van der Waals surface area (Å²) < 4.78 is 43.8. The van der Waals surface area contributed by atoms with E-state index in [0.717, 1.165) is 12.7 Å². The van der Waals surface area contributed by atoms with E-state index in [0.29, 0.717) is 5.75 Å². The van der Waals surface area contributed by atoms with Crippen molar-refractivity contribution in [3.05, 3.63) is 0 Å². The number of hydrogen-bond acceptors (Lipinski definition) is 5. The van der Waals surface area contributed by atoms with Gasteiger partial charge in [-0.3, -0.25) is 4.21 Å². The van der Waals surface area contributed by atoms with Crippen LogP contribution in [0.2, 0.25) is 0 Å². The van der Waals surface area contributed by atoms with E-state index in [-0.39, 0.29) is 18.5 Å². The molecule has 3 unspecified atom stereocenters. The zero-order chi connectivity index (χ0) is 13.5. The molecule has 0 spiro atoms. The molecule has 0 aromatic heterocycles. The van der Waals surface area contributed by atoms with Crippen molar-refractivity contribution in [1.82, 2.24) is 0 Å². The highest BCUT2D eigenvalue weighted by atomic mass is 32.2. The maximum atomic E-state index is 11.1. The Hall–Kier alpha value is 0.0200. The van der Waals surface area contributed by atoms with Crippen LogP contribution in [0.4, 0.5) is 0 Å². The van der Waals surface area contributed by atoms with Gasteiger partial charge < -0.3 is 9.47 Å². The standard InChI is InChI=1S/C10H22O5S2/c1-5-9(7-16(3)11)15-6-10(14-2)8-17(4,12)13/h9-10H,5-8H2,1-4H3. The summed E-state index contributed by atoms with van der Waals surface area (Å²) in [6.45, 7) is 2.15. The van der Waals surface area contributed by atoms with Gasteiger partial charge in [0.1, 0.15) is 9.84 Å². The smallest absolute Gasteiger partial charge is 0.150 e. The third kappa shape index (κ3) is 9.70. The van der Waals surface area contributed by atoms with Crippen molar-refractivity contribution in [2.24, 2.45) is 0 Å². The minimum absolute atomic E-state index is 0.0604. The van der Waals surface area contributed by atoms with E-state index in [1.54, 1.807) is 6.26 Å². The van der Waals surface area contributed by atoms with Crippen LogP contribution in [0.1, 0.15) is 13.3 Å². The lowest BCUT2D eigenvalue weighted by Crippen LogP contribution is -2.31. The summed E-state index contributed by atoms with van der Waals surface area (Å²) in [4.78, 5) is 0. The van der Waals surface area contributed by atoms with Crippen LogP contribution in [0.25, 0.3) is 0 Å². The highest BCUT2D eigenvalue weighted by Gasteiger charge is 2.17. The first kappa shape index (κ1) is 17.0. The normalized spacial score (nSPS) is 17.6. The van der Waals surface area contributed by atoms with E-state index in [2.05, 4.69) is 0 Å². The van der Waals surface area contributed by atoms with E-state index in [9.17, 15) is 12.6 Å². The summed E-state index contributed by atoms with van der Waals surface area (Å²) in [6, 6.07) is 0.